The molecule has 2 aromatic carbocycles. The van der Waals surface area contributed by atoms with Gasteiger partial charge in [0.05, 0.1) is 35.1 Å². The number of amides is 1. The van der Waals surface area contributed by atoms with Gasteiger partial charge in [0.15, 0.2) is 6.67 Å². The first-order valence-electron chi connectivity index (χ1n) is 12.4. The summed E-state index contributed by atoms with van der Waals surface area (Å²) in [4.78, 5) is 22.7. The molecule has 0 radical (unpaired) electrons. The maximum Gasteiger partial charge on any atom is 0.253 e. The van der Waals surface area contributed by atoms with Crippen LogP contribution < -0.4 is 15.4 Å². The van der Waals surface area contributed by atoms with E-state index in [1.165, 1.54) is 4.90 Å². The standard InChI is InChI=1S/C27H29FN5O3P/c1-16-19(15-29)5-4-6-20(16)17(2)30-27-22-13-23(37(35)11-8-33(9-12-37)24(34)14-28)26-21(7-10-36-26)25(22)31-18(3)32-27/h4-6,13,17H,7-12,14H2,1-3H3,(H,30,31,32)/t17-/m1/s1. The van der Waals surface area contributed by atoms with Crippen LogP contribution in [-0.4, -0.2) is 59.5 Å². The zero-order chi connectivity index (χ0) is 26.3. The van der Waals surface area contributed by atoms with E-state index in [0.717, 1.165) is 27.6 Å². The Balaban J connectivity index is 1.58. The quantitative estimate of drug-likeness (QED) is 0.505. The Bertz CT molecular complexity index is 1490. The molecule has 3 heterocycles. The van der Waals surface area contributed by atoms with Crippen molar-refractivity contribution >= 4 is 35.1 Å². The summed E-state index contributed by atoms with van der Waals surface area (Å²) >= 11 is 0. The largest absolute Gasteiger partial charge is 0.492 e. The molecule has 1 amide bonds. The van der Waals surface area contributed by atoms with Gasteiger partial charge in [-0.2, -0.15) is 5.26 Å². The van der Waals surface area contributed by atoms with Gasteiger partial charge < -0.3 is 19.5 Å². The summed E-state index contributed by atoms with van der Waals surface area (Å²) in [5.41, 5.74) is 4.23. The summed E-state index contributed by atoms with van der Waals surface area (Å²) in [6, 6.07) is 9.64. The van der Waals surface area contributed by atoms with Gasteiger partial charge in [-0.1, -0.05) is 12.1 Å². The van der Waals surface area contributed by atoms with Crippen molar-refractivity contribution in [2.75, 3.05) is 44.0 Å². The third kappa shape index (κ3) is 4.44. The van der Waals surface area contributed by atoms with E-state index in [1.807, 2.05) is 39.0 Å². The van der Waals surface area contributed by atoms with Gasteiger partial charge in [0.2, 0.25) is 0 Å². The molecule has 2 aliphatic heterocycles. The molecule has 1 fully saturated rings. The Morgan fingerprint density at radius 3 is 2.76 bits per heavy atom. The molecule has 1 N–H and O–H groups in total. The molecule has 8 nitrogen and oxygen atoms in total. The van der Waals surface area contributed by atoms with Gasteiger partial charge in [0.25, 0.3) is 5.91 Å². The number of ether oxygens (including phenoxy) is 1. The van der Waals surface area contributed by atoms with Gasteiger partial charge in [-0.05, 0) is 44.0 Å². The van der Waals surface area contributed by atoms with Crippen molar-refractivity contribution in [2.24, 2.45) is 0 Å². The van der Waals surface area contributed by atoms with Gasteiger partial charge in [0.1, 0.15) is 24.5 Å². The summed E-state index contributed by atoms with van der Waals surface area (Å²) < 4.78 is 33.1. The second-order valence-electron chi connectivity index (χ2n) is 9.67. The smallest absolute Gasteiger partial charge is 0.253 e. The van der Waals surface area contributed by atoms with Gasteiger partial charge >= 0.3 is 0 Å². The van der Waals surface area contributed by atoms with Gasteiger partial charge in [-0.15, -0.1) is 0 Å². The van der Waals surface area contributed by atoms with E-state index in [1.54, 1.807) is 6.07 Å². The number of anilines is 1. The van der Waals surface area contributed by atoms with Crippen LogP contribution in [0, 0.1) is 25.2 Å². The SMILES string of the molecule is Cc1nc(N[C@H](C)c2cccc(C#N)c2C)c2cc(P3(=O)CCN(C(=O)CF)CC3)c3c(c2n1)CCO3. The van der Waals surface area contributed by atoms with Gasteiger partial charge in [-0.25, -0.2) is 14.4 Å². The number of carbonyl (C=O) groups excluding carboxylic acids is 1. The number of aryl methyl sites for hydroxylation is 1. The molecule has 5 rings (SSSR count). The minimum absolute atomic E-state index is 0.148. The second kappa shape index (κ2) is 9.75. The third-order valence-corrected chi connectivity index (χ3v) is 10.5. The molecule has 1 saturated heterocycles. The molecule has 1 atom stereocenters. The van der Waals surface area contributed by atoms with Crippen LogP contribution in [0.5, 0.6) is 5.75 Å². The molecule has 0 aliphatic carbocycles. The summed E-state index contributed by atoms with van der Waals surface area (Å²) in [5, 5.41) is 14.4. The van der Waals surface area contributed by atoms with E-state index >= 15 is 0 Å². The zero-order valence-electron chi connectivity index (χ0n) is 21.2. The van der Waals surface area contributed by atoms with Crippen molar-refractivity contribution in [1.82, 2.24) is 14.9 Å². The molecule has 1 aromatic heterocycles. The lowest BCUT2D eigenvalue weighted by Gasteiger charge is -2.32. The maximum atomic E-state index is 14.2. The molecule has 0 spiro atoms. The van der Waals surface area contributed by atoms with Gasteiger partial charge in [-0.3, -0.25) is 4.79 Å². The first-order valence-corrected chi connectivity index (χ1v) is 14.5. The predicted octanol–water partition coefficient (Wildman–Crippen LogP) is 4.03. The number of nitrogens with zero attached hydrogens (tertiary/aromatic N) is 4. The lowest BCUT2D eigenvalue weighted by atomic mass is 9.98. The lowest BCUT2D eigenvalue weighted by Crippen LogP contribution is -2.42. The maximum absolute atomic E-state index is 14.2. The minimum Gasteiger partial charge on any atom is -0.492 e. The molecule has 0 saturated carbocycles. The van der Waals surface area contributed by atoms with E-state index in [2.05, 4.69) is 11.4 Å². The fourth-order valence-electron chi connectivity index (χ4n) is 5.36. The van der Waals surface area contributed by atoms with E-state index < -0.39 is 19.7 Å². The van der Waals surface area contributed by atoms with Crippen molar-refractivity contribution in [1.29, 1.82) is 5.26 Å². The number of nitrogens with one attached hydrogen (secondary N) is 1. The van der Waals surface area contributed by atoms with Crippen molar-refractivity contribution in [2.45, 2.75) is 33.2 Å². The average Bonchev–Trinajstić information content (AvgIpc) is 3.38. The third-order valence-electron chi connectivity index (χ3n) is 7.41. The first-order chi connectivity index (χ1) is 17.8. The molecular formula is C27H29FN5O3P. The molecule has 0 bridgehead atoms. The Hall–Kier alpha value is -3.50. The van der Waals surface area contributed by atoms with Crippen LogP contribution in [0.25, 0.3) is 10.9 Å². The highest BCUT2D eigenvalue weighted by Gasteiger charge is 2.37. The number of rotatable bonds is 5. The monoisotopic (exact) mass is 521 g/mol. The summed E-state index contributed by atoms with van der Waals surface area (Å²) in [6.45, 7) is 5.75. The Morgan fingerprint density at radius 2 is 2.05 bits per heavy atom. The van der Waals surface area contributed by atoms with Gasteiger partial charge in [0, 0.05) is 42.8 Å². The highest BCUT2D eigenvalue weighted by molar-refractivity contribution is 7.72. The van der Waals surface area contributed by atoms with Crippen LogP contribution in [-0.2, 0) is 15.8 Å². The van der Waals surface area contributed by atoms with E-state index in [4.69, 9.17) is 14.7 Å². The van der Waals surface area contributed by atoms with E-state index in [9.17, 15) is 19.0 Å². The number of benzene rings is 2. The Labute approximate surface area is 215 Å². The normalized spacial score (nSPS) is 17.1. The fraction of sp³-hybridized carbons (Fsp3) is 0.407. The lowest BCUT2D eigenvalue weighted by molar-refractivity contribution is -0.131. The average molecular weight is 522 g/mol. The summed E-state index contributed by atoms with van der Waals surface area (Å²) in [6.07, 6.45) is 1.22. The van der Waals surface area contributed by atoms with Crippen LogP contribution in [0.3, 0.4) is 0 Å². The van der Waals surface area contributed by atoms with E-state index in [-0.39, 0.29) is 31.5 Å². The highest BCUT2D eigenvalue weighted by atomic mass is 31.2. The molecule has 10 heteroatoms. The predicted molar refractivity (Wildman–Crippen MR) is 141 cm³/mol. The number of nitriles is 1. The number of fused-ring (bicyclic) bond motifs is 3. The summed E-state index contributed by atoms with van der Waals surface area (Å²) in [5.74, 6) is 1.31. The Morgan fingerprint density at radius 1 is 1.30 bits per heavy atom. The van der Waals surface area contributed by atoms with E-state index in [0.29, 0.717) is 41.3 Å². The molecule has 3 aromatic rings. The Kier molecular flexibility index (Phi) is 6.63. The van der Waals surface area contributed by atoms with Crippen LogP contribution in [0.15, 0.2) is 24.3 Å². The van der Waals surface area contributed by atoms with Crippen LogP contribution in [0.1, 0.15) is 41.0 Å². The molecule has 37 heavy (non-hydrogen) atoms. The van der Waals surface area contributed by atoms with Crippen LogP contribution in [0.4, 0.5) is 10.2 Å². The van der Waals surface area contributed by atoms with Crippen molar-refractivity contribution < 1.29 is 18.5 Å². The summed E-state index contributed by atoms with van der Waals surface area (Å²) in [7, 11) is -2.90. The fourth-order valence-corrected chi connectivity index (χ4v) is 8.13. The number of aromatic nitrogens is 2. The first kappa shape index (κ1) is 25.2. The van der Waals surface area contributed by atoms with Crippen LogP contribution in [0.2, 0.25) is 0 Å². The van der Waals surface area contributed by atoms with Crippen molar-refractivity contribution in [3.63, 3.8) is 0 Å². The highest BCUT2D eigenvalue weighted by Crippen LogP contribution is 2.51. The zero-order valence-corrected chi connectivity index (χ0v) is 22.1. The topological polar surface area (TPSA) is 108 Å². The molecular weight excluding hydrogens is 492 g/mol. The molecule has 2 aliphatic rings. The molecule has 0 unspecified atom stereocenters. The number of halogens is 1. The van der Waals surface area contributed by atoms with Crippen molar-refractivity contribution in [3.05, 3.63) is 52.3 Å². The molecule has 192 valence electrons. The van der Waals surface area contributed by atoms with Crippen LogP contribution >= 0.6 is 7.14 Å². The number of carbonyl (C=O) groups is 1. The number of hydrogen-bond donors (Lipinski definition) is 1. The number of hydrogen-bond acceptors (Lipinski definition) is 7. The minimum atomic E-state index is -2.90. The van der Waals surface area contributed by atoms with Crippen molar-refractivity contribution in [3.8, 4) is 11.8 Å². The number of alkyl halides is 1. The second-order valence-corrected chi connectivity index (χ2v) is 12.8.